The Morgan fingerprint density at radius 2 is 1.88 bits per heavy atom. The molecule has 3 aromatic rings. The highest BCUT2D eigenvalue weighted by Gasteiger charge is 2.17. The molecular weight excluding hydrogens is 356 g/mol. The van der Waals surface area contributed by atoms with Gasteiger partial charge in [-0.1, -0.05) is 48.6 Å². The number of carbonyl (C=O) groups is 1. The number of fused-ring (bicyclic) bond motifs is 1. The van der Waals surface area contributed by atoms with Crippen LogP contribution < -0.4 is 5.32 Å². The maximum atomic E-state index is 12.2. The van der Waals surface area contributed by atoms with E-state index in [-0.39, 0.29) is 23.0 Å². The van der Waals surface area contributed by atoms with Crippen molar-refractivity contribution >= 4 is 42.4 Å². The highest BCUT2D eigenvalue weighted by molar-refractivity contribution is 7.91. The first-order chi connectivity index (χ1) is 12.0. The second-order valence-electron chi connectivity index (χ2n) is 5.57. The number of aromatic nitrogens is 1. The molecular formula is C18H18N2O3S2. The maximum absolute atomic E-state index is 12.2. The number of rotatable bonds is 6. The van der Waals surface area contributed by atoms with E-state index in [1.54, 1.807) is 18.2 Å². The number of para-hydroxylation sites is 1. The number of carbonyl (C=O) groups excluding carboxylic acids is 1. The van der Waals surface area contributed by atoms with Crippen molar-refractivity contribution in [2.45, 2.75) is 24.7 Å². The molecule has 0 unspecified atom stereocenters. The van der Waals surface area contributed by atoms with E-state index >= 15 is 0 Å². The minimum atomic E-state index is -3.46. The Kier molecular flexibility index (Phi) is 5.15. The first-order valence-corrected chi connectivity index (χ1v) is 10.4. The lowest BCUT2D eigenvalue weighted by Gasteiger charge is -2.04. The van der Waals surface area contributed by atoms with Crippen LogP contribution in [0.25, 0.3) is 10.2 Å². The van der Waals surface area contributed by atoms with Crippen molar-refractivity contribution in [3.63, 3.8) is 0 Å². The number of benzene rings is 2. The van der Waals surface area contributed by atoms with Crippen molar-refractivity contribution in [3.8, 4) is 0 Å². The number of nitrogens with zero attached hydrogens (tertiary/aromatic N) is 1. The number of nitrogens with one attached hydrogen (secondary N) is 1. The van der Waals surface area contributed by atoms with Crippen LogP contribution in [0.1, 0.15) is 18.9 Å². The van der Waals surface area contributed by atoms with Gasteiger partial charge in [-0.15, -0.1) is 0 Å². The molecule has 5 nitrogen and oxygen atoms in total. The zero-order valence-corrected chi connectivity index (χ0v) is 15.4. The molecule has 2 aromatic carbocycles. The molecule has 1 N–H and O–H groups in total. The zero-order chi connectivity index (χ0) is 17.9. The van der Waals surface area contributed by atoms with Crippen molar-refractivity contribution in [2.24, 2.45) is 0 Å². The third-order valence-electron chi connectivity index (χ3n) is 3.83. The summed E-state index contributed by atoms with van der Waals surface area (Å²) in [6.45, 7) is 2.06. The largest absolute Gasteiger partial charge is 0.302 e. The molecule has 0 saturated heterocycles. The fourth-order valence-electron chi connectivity index (χ4n) is 2.50. The molecule has 1 aromatic heterocycles. The van der Waals surface area contributed by atoms with E-state index in [0.717, 1.165) is 22.2 Å². The van der Waals surface area contributed by atoms with Crippen LogP contribution in [0.5, 0.6) is 0 Å². The average Bonchev–Trinajstić information content (AvgIpc) is 3.03. The van der Waals surface area contributed by atoms with Gasteiger partial charge in [-0.25, -0.2) is 13.4 Å². The third-order valence-corrected chi connectivity index (χ3v) is 6.50. The van der Waals surface area contributed by atoms with Gasteiger partial charge in [-0.05, 0) is 30.2 Å². The smallest absolute Gasteiger partial charge is 0.227 e. The van der Waals surface area contributed by atoms with Crippen LogP contribution in [-0.2, 0) is 21.1 Å². The molecule has 0 atom stereocenters. The first kappa shape index (κ1) is 17.6. The molecule has 25 heavy (non-hydrogen) atoms. The number of aryl methyl sites for hydroxylation is 1. The zero-order valence-electron chi connectivity index (χ0n) is 13.7. The third kappa shape index (κ3) is 4.05. The summed E-state index contributed by atoms with van der Waals surface area (Å²) in [7, 11) is -3.46. The summed E-state index contributed by atoms with van der Waals surface area (Å²) in [6.07, 6.45) is 0.761. The summed E-state index contributed by atoms with van der Waals surface area (Å²) in [5.41, 5.74) is 2.02. The molecule has 0 saturated carbocycles. The van der Waals surface area contributed by atoms with Gasteiger partial charge in [-0.3, -0.25) is 4.79 Å². The SMILES string of the molecule is CCc1cccc2sc(NC(=O)CCS(=O)(=O)c3ccccc3)nc12. The van der Waals surface area contributed by atoms with Gasteiger partial charge in [0.2, 0.25) is 5.91 Å². The quantitative estimate of drug-likeness (QED) is 0.714. The molecule has 0 fully saturated rings. The summed E-state index contributed by atoms with van der Waals surface area (Å²) in [6, 6.07) is 14.1. The van der Waals surface area contributed by atoms with Crippen LogP contribution in [0.2, 0.25) is 0 Å². The normalized spacial score (nSPS) is 11.6. The van der Waals surface area contributed by atoms with Crippen LogP contribution in [-0.4, -0.2) is 25.1 Å². The molecule has 0 aliphatic heterocycles. The summed E-state index contributed by atoms with van der Waals surface area (Å²) >= 11 is 1.39. The van der Waals surface area contributed by atoms with Gasteiger partial charge in [-0.2, -0.15) is 0 Å². The highest BCUT2D eigenvalue weighted by atomic mass is 32.2. The van der Waals surface area contributed by atoms with Crippen LogP contribution in [0.3, 0.4) is 0 Å². The average molecular weight is 374 g/mol. The number of anilines is 1. The lowest BCUT2D eigenvalue weighted by atomic mass is 10.1. The van der Waals surface area contributed by atoms with E-state index in [1.807, 2.05) is 18.2 Å². The van der Waals surface area contributed by atoms with Crippen molar-refractivity contribution in [1.82, 2.24) is 4.98 Å². The fraction of sp³-hybridized carbons (Fsp3) is 0.222. The number of amides is 1. The van der Waals surface area contributed by atoms with Gasteiger partial charge in [0, 0.05) is 6.42 Å². The van der Waals surface area contributed by atoms with Crippen molar-refractivity contribution in [3.05, 3.63) is 54.1 Å². The molecule has 1 heterocycles. The second kappa shape index (κ2) is 7.33. The standard InChI is InChI=1S/C18H18N2O3S2/c1-2-13-7-6-10-15-17(13)20-18(24-15)19-16(21)11-12-25(22,23)14-8-4-3-5-9-14/h3-10H,2,11-12H2,1H3,(H,19,20,21). The van der Waals surface area contributed by atoms with E-state index in [4.69, 9.17) is 0 Å². The Bertz CT molecular complexity index is 996. The molecule has 7 heteroatoms. The van der Waals surface area contributed by atoms with E-state index in [1.165, 1.54) is 23.5 Å². The van der Waals surface area contributed by atoms with Gasteiger partial charge in [0.1, 0.15) is 0 Å². The molecule has 0 bridgehead atoms. The maximum Gasteiger partial charge on any atom is 0.227 e. The van der Waals surface area contributed by atoms with Crippen LogP contribution in [0.4, 0.5) is 5.13 Å². The molecule has 1 amide bonds. The van der Waals surface area contributed by atoms with Crippen molar-refractivity contribution in [1.29, 1.82) is 0 Å². The van der Waals surface area contributed by atoms with Crippen LogP contribution in [0, 0.1) is 0 Å². The Hall–Kier alpha value is -2.25. The number of hydrogen-bond donors (Lipinski definition) is 1. The summed E-state index contributed by atoms with van der Waals surface area (Å²) in [5, 5.41) is 3.21. The molecule has 0 radical (unpaired) electrons. The van der Waals surface area contributed by atoms with E-state index in [0.29, 0.717) is 5.13 Å². The Balaban J connectivity index is 1.67. The predicted molar refractivity (Wildman–Crippen MR) is 101 cm³/mol. The monoisotopic (exact) mass is 374 g/mol. The van der Waals surface area contributed by atoms with Crippen LogP contribution >= 0.6 is 11.3 Å². The Labute approximate surface area is 150 Å². The lowest BCUT2D eigenvalue weighted by Crippen LogP contribution is -2.17. The number of hydrogen-bond acceptors (Lipinski definition) is 5. The van der Waals surface area contributed by atoms with Gasteiger partial charge in [0.25, 0.3) is 0 Å². The Morgan fingerprint density at radius 3 is 2.60 bits per heavy atom. The van der Waals surface area contributed by atoms with Gasteiger partial charge < -0.3 is 5.32 Å². The Morgan fingerprint density at radius 1 is 1.12 bits per heavy atom. The molecule has 0 aliphatic carbocycles. The fourth-order valence-corrected chi connectivity index (χ4v) is 4.69. The summed E-state index contributed by atoms with van der Waals surface area (Å²) in [5.74, 6) is -0.579. The molecule has 0 aliphatic rings. The number of thiazole rings is 1. The van der Waals surface area contributed by atoms with E-state index in [2.05, 4.69) is 17.2 Å². The van der Waals surface area contributed by atoms with Crippen molar-refractivity contribution in [2.75, 3.05) is 11.1 Å². The second-order valence-corrected chi connectivity index (χ2v) is 8.71. The molecule has 3 rings (SSSR count). The van der Waals surface area contributed by atoms with Gasteiger partial charge in [0.15, 0.2) is 15.0 Å². The summed E-state index contributed by atoms with van der Waals surface area (Å²) in [4.78, 5) is 16.8. The number of sulfone groups is 1. The minimum Gasteiger partial charge on any atom is -0.302 e. The van der Waals surface area contributed by atoms with Gasteiger partial charge >= 0.3 is 0 Å². The molecule has 130 valence electrons. The topological polar surface area (TPSA) is 76.1 Å². The predicted octanol–water partition coefficient (Wildman–Crippen LogP) is 3.66. The molecule has 0 spiro atoms. The highest BCUT2D eigenvalue weighted by Crippen LogP contribution is 2.28. The summed E-state index contributed by atoms with van der Waals surface area (Å²) < 4.78 is 25.4. The van der Waals surface area contributed by atoms with E-state index in [9.17, 15) is 13.2 Å². The van der Waals surface area contributed by atoms with Gasteiger partial charge in [0.05, 0.1) is 20.9 Å². The lowest BCUT2D eigenvalue weighted by molar-refractivity contribution is -0.115. The van der Waals surface area contributed by atoms with Crippen molar-refractivity contribution < 1.29 is 13.2 Å². The van der Waals surface area contributed by atoms with Crippen LogP contribution in [0.15, 0.2) is 53.4 Å². The first-order valence-electron chi connectivity index (χ1n) is 7.95. The minimum absolute atomic E-state index is 0.103. The van der Waals surface area contributed by atoms with E-state index < -0.39 is 9.84 Å².